The van der Waals surface area contributed by atoms with E-state index in [9.17, 15) is 28.8 Å². The number of amides is 5. The Bertz CT molecular complexity index is 1140. The molecule has 1 unspecified atom stereocenters. The van der Waals surface area contributed by atoms with Crippen LogP contribution in [0.4, 0.5) is 4.79 Å². The van der Waals surface area contributed by atoms with Crippen molar-refractivity contribution in [1.29, 1.82) is 0 Å². The van der Waals surface area contributed by atoms with Gasteiger partial charge in [0.05, 0.1) is 52.9 Å². The van der Waals surface area contributed by atoms with Crippen LogP contribution in [0.5, 0.6) is 0 Å². The van der Waals surface area contributed by atoms with E-state index in [-0.39, 0.29) is 62.3 Å². The maximum atomic E-state index is 12.1. The van der Waals surface area contributed by atoms with Crippen LogP contribution in [0.3, 0.4) is 0 Å². The average Bonchev–Trinajstić information content (AvgIpc) is 3.39. The molecule has 0 saturated carbocycles. The fourth-order valence-corrected chi connectivity index (χ4v) is 4.17. The molecule has 1 heterocycles. The molecular weight excluding hydrogens is 694 g/mol. The number of aliphatic carboxylic acids is 1. The number of rotatable bonds is 27. The maximum Gasteiger partial charge on any atom is 0.407 e. The van der Waals surface area contributed by atoms with E-state index in [2.05, 4.69) is 34.8 Å². The molecule has 53 heavy (non-hydrogen) atoms. The molecule has 1 aliphatic heterocycles. The summed E-state index contributed by atoms with van der Waals surface area (Å²) in [7, 11) is 0. The Balaban J connectivity index is 0.00000192. The fourth-order valence-electron chi connectivity index (χ4n) is 4.17. The molecule has 0 aliphatic carbocycles. The lowest BCUT2D eigenvalue weighted by atomic mass is 10.0. The first-order valence-corrected chi connectivity index (χ1v) is 18.1. The van der Waals surface area contributed by atoms with Crippen molar-refractivity contribution in [3.8, 4) is 0 Å². The number of alkyl carbamates (subject to hydrolysis) is 1. The van der Waals surface area contributed by atoms with Gasteiger partial charge in [-0.05, 0) is 45.6 Å². The molecule has 1 rings (SSSR count). The van der Waals surface area contributed by atoms with Crippen LogP contribution >= 0.6 is 0 Å². The smallest absolute Gasteiger partial charge is 0.407 e. The molecule has 0 radical (unpaired) electrons. The molecule has 0 spiro atoms. The lowest BCUT2D eigenvalue weighted by Crippen LogP contribution is -2.48. The Morgan fingerprint density at radius 3 is 1.91 bits per heavy atom. The minimum atomic E-state index is -1.16. The lowest BCUT2D eigenvalue weighted by molar-refractivity contribution is -0.138. The van der Waals surface area contributed by atoms with Gasteiger partial charge >= 0.3 is 12.1 Å². The van der Waals surface area contributed by atoms with Crippen molar-refractivity contribution < 1.29 is 57.6 Å². The van der Waals surface area contributed by atoms with Crippen molar-refractivity contribution in [1.82, 2.24) is 26.2 Å². The number of nitrogens with zero attached hydrogens (tertiary/aromatic N) is 1. The van der Waals surface area contributed by atoms with E-state index in [0.717, 1.165) is 12.8 Å². The van der Waals surface area contributed by atoms with E-state index in [1.165, 1.54) is 11.0 Å². The number of unbranched alkanes of at least 4 members (excludes halogenated alkanes) is 1. The molecule has 0 bridgehead atoms. The van der Waals surface area contributed by atoms with Crippen molar-refractivity contribution in [2.24, 2.45) is 5.92 Å². The summed E-state index contributed by atoms with van der Waals surface area (Å²) in [5.41, 5.74) is 0.191. The zero-order chi connectivity index (χ0) is 40.1. The fraction of sp³-hybridized carbons (Fsp3) is 0.722. The molecule has 0 aromatic carbocycles. The third kappa shape index (κ3) is 29.1. The van der Waals surface area contributed by atoms with Crippen LogP contribution in [-0.4, -0.2) is 136 Å². The van der Waals surface area contributed by atoms with E-state index in [4.69, 9.17) is 28.8 Å². The van der Waals surface area contributed by atoms with Crippen molar-refractivity contribution in [2.75, 3.05) is 79.0 Å². The van der Waals surface area contributed by atoms with Gasteiger partial charge in [0.15, 0.2) is 0 Å². The van der Waals surface area contributed by atoms with Gasteiger partial charge in [0, 0.05) is 44.2 Å². The summed E-state index contributed by atoms with van der Waals surface area (Å²) < 4.78 is 26.6. The van der Waals surface area contributed by atoms with E-state index < -0.39 is 30.1 Å². The summed E-state index contributed by atoms with van der Waals surface area (Å²) in [5, 5.41) is 19.0. The zero-order valence-electron chi connectivity index (χ0n) is 32.4. The first-order valence-electron chi connectivity index (χ1n) is 18.1. The average molecular weight is 758 g/mol. The van der Waals surface area contributed by atoms with Crippen molar-refractivity contribution >= 4 is 35.7 Å². The predicted molar refractivity (Wildman–Crippen MR) is 197 cm³/mol. The van der Waals surface area contributed by atoms with Gasteiger partial charge in [0.2, 0.25) is 17.7 Å². The standard InChI is InChI=1S/C27H44N4O10.C9H19NO2/c1-20(2)18-22(27(37)29-19-26(35)36)30-24(33)7-10-38-12-14-40-16-17-41-15-13-39-11-8-28-23(32)6-9-31-21(3)4-5-25(31)34;1-5-6-7-10-8(11)12-9(2,3)4/h4-5,20,22H,3,6-19H2,1-2H3,(H,28,32)(H,29,37)(H,30,33)(H,35,36);5-7H2,1-4H3,(H,10,11). The number of hydrogen-bond acceptors (Lipinski definition) is 11. The number of carbonyl (C=O) groups is 6. The Labute approximate surface area is 313 Å². The number of carbonyl (C=O) groups excluding carboxylic acids is 5. The second-order valence-corrected chi connectivity index (χ2v) is 13.3. The summed E-state index contributed by atoms with van der Waals surface area (Å²) in [4.78, 5) is 70.8. The second-order valence-electron chi connectivity index (χ2n) is 13.3. The monoisotopic (exact) mass is 757 g/mol. The number of allylic oxidation sites excluding steroid dienone is 1. The number of nitrogens with one attached hydrogen (secondary N) is 4. The second kappa shape index (κ2) is 29.4. The molecule has 17 nitrogen and oxygen atoms in total. The van der Waals surface area contributed by atoms with Crippen LogP contribution in [0, 0.1) is 5.92 Å². The lowest BCUT2D eigenvalue weighted by Gasteiger charge is -2.19. The molecule has 5 N–H and O–H groups in total. The quantitative estimate of drug-likeness (QED) is 0.0759. The van der Waals surface area contributed by atoms with Crippen molar-refractivity contribution in [3.05, 3.63) is 24.4 Å². The van der Waals surface area contributed by atoms with Gasteiger partial charge in [-0.2, -0.15) is 0 Å². The van der Waals surface area contributed by atoms with E-state index >= 15 is 0 Å². The Kier molecular flexibility index (Phi) is 27.1. The highest BCUT2D eigenvalue weighted by atomic mass is 16.6. The summed E-state index contributed by atoms with van der Waals surface area (Å²) in [6.07, 6.45) is 5.43. The van der Waals surface area contributed by atoms with Gasteiger partial charge in [-0.15, -0.1) is 0 Å². The molecule has 17 heteroatoms. The Hall–Kier alpha value is -4.06. The van der Waals surface area contributed by atoms with Crippen molar-refractivity contribution in [2.45, 2.75) is 85.3 Å². The highest BCUT2D eigenvalue weighted by Crippen LogP contribution is 2.13. The highest BCUT2D eigenvalue weighted by Gasteiger charge is 2.22. The maximum absolute atomic E-state index is 12.1. The van der Waals surface area contributed by atoms with Crippen LogP contribution in [0.25, 0.3) is 0 Å². The van der Waals surface area contributed by atoms with Gasteiger partial charge in [-0.3, -0.25) is 24.0 Å². The topological polar surface area (TPSA) is 220 Å². The first-order chi connectivity index (χ1) is 25.0. The first kappa shape index (κ1) is 48.9. The molecule has 0 aromatic heterocycles. The van der Waals surface area contributed by atoms with E-state index in [0.29, 0.717) is 64.8 Å². The SMILES string of the molecule is C=C1C=CC(=O)N1CCC(=O)NCCOCCOCCOCCOCCC(=O)NC(CC(C)C)C(=O)NCC(=O)O.CCCCNC(=O)OC(C)(C)C. The number of hydrogen-bond donors (Lipinski definition) is 5. The summed E-state index contributed by atoms with van der Waals surface area (Å²) >= 11 is 0. The normalized spacial score (nSPS) is 12.9. The highest BCUT2D eigenvalue weighted by molar-refractivity contribution is 5.93. The zero-order valence-corrected chi connectivity index (χ0v) is 32.4. The molecule has 1 atom stereocenters. The summed E-state index contributed by atoms with van der Waals surface area (Å²) in [5.74, 6) is -2.26. The third-order valence-electron chi connectivity index (χ3n) is 6.72. The summed E-state index contributed by atoms with van der Waals surface area (Å²) in [6.45, 7) is 18.6. The molecule has 0 saturated heterocycles. The number of ether oxygens (including phenoxy) is 5. The molecule has 0 fully saturated rings. The van der Waals surface area contributed by atoms with Crippen LogP contribution in [-0.2, 0) is 47.7 Å². The van der Waals surface area contributed by atoms with Crippen molar-refractivity contribution in [3.63, 3.8) is 0 Å². The van der Waals surface area contributed by atoms with Crippen LogP contribution < -0.4 is 21.3 Å². The minimum Gasteiger partial charge on any atom is -0.480 e. The number of carboxylic acids is 1. The Morgan fingerprint density at radius 2 is 1.40 bits per heavy atom. The number of carboxylic acid groups (broad SMARTS) is 1. The predicted octanol–water partition coefficient (Wildman–Crippen LogP) is 1.90. The Morgan fingerprint density at radius 1 is 0.811 bits per heavy atom. The van der Waals surface area contributed by atoms with E-state index in [1.54, 1.807) is 6.08 Å². The largest absolute Gasteiger partial charge is 0.480 e. The molecule has 0 aromatic rings. The van der Waals surface area contributed by atoms with Gasteiger partial charge in [0.1, 0.15) is 18.2 Å². The van der Waals surface area contributed by atoms with Crippen LogP contribution in [0.2, 0.25) is 0 Å². The molecular formula is C36H63N5O12. The van der Waals surface area contributed by atoms with Gasteiger partial charge in [-0.25, -0.2) is 4.79 Å². The van der Waals surface area contributed by atoms with Gasteiger partial charge in [0.25, 0.3) is 5.91 Å². The van der Waals surface area contributed by atoms with Gasteiger partial charge < -0.3 is 55.0 Å². The van der Waals surface area contributed by atoms with E-state index in [1.807, 2.05) is 34.6 Å². The minimum absolute atomic E-state index is 0.0566. The third-order valence-corrected chi connectivity index (χ3v) is 6.72. The molecule has 5 amide bonds. The molecule has 304 valence electrons. The molecule has 1 aliphatic rings. The van der Waals surface area contributed by atoms with Crippen LogP contribution in [0.1, 0.15) is 73.6 Å². The van der Waals surface area contributed by atoms with Crippen LogP contribution in [0.15, 0.2) is 24.4 Å². The summed E-state index contributed by atoms with van der Waals surface area (Å²) in [6, 6.07) is -0.806. The van der Waals surface area contributed by atoms with Gasteiger partial charge in [-0.1, -0.05) is 33.8 Å².